The van der Waals surface area contributed by atoms with Crippen molar-refractivity contribution in [1.82, 2.24) is 0 Å². The number of ether oxygens (including phenoxy) is 2. The van der Waals surface area contributed by atoms with Gasteiger partial charge < -0.3 is 19.0 Å². The van der Waals surface area contributed by atoms with Gasteiger partial charge in [0, 0.05) is 13.0 Å². The lowest BCUT2D eigenvalue weighted by atomic mass is 9.93. The van der Waals surface area contributed by atoms with Crippen molar-refractivity contribution in [2.45, 2.75) is 57.2 Å². The highest BCUT2D eigenvalue weighted by Gasteiger charge is 2.35. The van der Waals surface area contributed by atoms with Gasteiger partial charge in [-0.05, 0) is 57.1 Å². The summed E-state index contributed by atoms with van der Waals surface area (Å²) >= 11 is 0. The van der Waals surface area contributed by atoms with Crippen molar-refractivity contribution < 1.29 is 19.0 Å². The van der Waals surface area contributed by atoms with Gasteiger partial charge in [-0.1, -0.05) is 12.2 Å². The summed E-state index contributed by atoms with van der Waals surface area (Å²) in [7, 11) is 1.65. The molecule has 0 unspecified atom stereocenters. The number of methoxy groups -OCH3 is 1. The molecule has 1 aromatic heterocycles. The van der Waals surface area contributed by atoms with Crippen LogP contribution < -0.4 is 0 Å². The van der Waals surface area contributed by atoms with Crippen LogP contribution in [0.15, 0.2) is 35.0 Å². The molecule has 1 aliphatic carbocycles. The van der Waals surface area contributed by atoms with Crippen LogP contribution in [0.1, 0.15) is 50.7 Å². The van der Waals surface area contributed by atoms with E-state index < -0.39 is 0 Å². The van der Waals surface area contributed by atoms with Gasteiger partial charge >= 0.3 is 0 Å². The van der Waals surface area contributed by atoms with E-state index in [-0.39, 0.29) is 12.2 Å². The Bertz CT molecular complexity index is 424. The Kier molecular flexibility index (Phi) is 7.16. The normalized spacial score (nSPS) is 26.8. The maximum atomic E-state index is 9.28. The molecule has 1 N–H and O–H groups in total. The van der Waals surface area contributed by atoms with Crippen LogP contribution in [-0.2, 0) is 9.47 Å². The van der Waals surface area contributed by atoms with E-state index in [1.54, 1.807) is 13.4 Å². The first-order valence-corrected chi connectivity index (χ1v) is 8.19. The van der Waals surface area contributed by atoms with E-state index in [2.05, 4.69) is 18.2 Å². The molecule has 0 aliphatic heterocycles. The van der Waals surface area contributed by atoms with E-state index in [1.807, 2.05) is 13.0 Å². The largest absolute Gasteiger partial charge is 0.469 e. The SMILES string of the molecule is COCO[C@H]1C[C@@H](/C=C/CCC[C@H](C)O)[C@H](c2ccco2)C1. The van der Waals surface area contributed by atoms with Gasteiger partial charge in [0.05, 0.1) is 18.5 Å². The smallest absolute Gasteiger partial charge is 0.146 e. The van der Waals surface area contributed by atoms with Crippen molar-refractivity contribution in [2.24, 2.45) is 5.92 Å². The monoisotopic (exact) mass is 308 g/mol. The van der Waals surface area contributed by atoms with Gasteiger partial charge in [-0.15, -0.1) is 0 Å². The van der Waals surface area contributed by atoms with Crippen LogP contribution in [0, 0.1) is 5.92 Å². The predicted octanol–water partition coefficient (Wildman–Crippen LogP) is 3.87. The third-order valence-electron chi connectivity index (χ3n) is 4.27. The second-order valence-electron chi connectivity index (χ2n) is 6.16. The lowest BCUT2D eigenvalue weighted by Crippen LogP contribution is -2.10. The Hall–Kier alpha value is -1.10. The lowest BCUT2D eigenvalue weighted by Gasteiger charge is -2.12. The van der Waals surface area contributed by atoms with Crippen LogP contribution in [0.3, 0.4) is 0 Å². The molecule has 1 aliphatic rings. The molecule has 0 saturated heterocycles. The fraction of sp³-hybridized carbons (Fsp3) is 0.667. The van der Waals surface area contributed by atoms with Gasteiger partial charge in [0.1, 0.15) is 12.6 Å². The Morgan fingerprint density at radius 3 is 3.00 bits per heavy atom. The summed E-state index contributed by atoms with van der Waals surface area (Å²) in [6, 6.07) is 4.00. The van der Waals surface area contributed by atoms with Gasteiger partial charge in [0.25, 0.3) is 0 Å². The molecular weight excluding hydrogens is 280 g/mol. The van der Waals surface area contributed by atoms with E-state index in [9.17, 15) is 5.11 Å². The number of hydrogen-bond donors (Lipinski definition) is 1. The standard InChI is InChI=1S/C18H28O4/c1-14(19)7-4-3-5-8-15-11-16(22-13-20-2)12-17(15)18-9-6-10-21-18/h5-6,8-10,14-17,19H,3-4,7,11-13H2,1-2H3/b8-5+/t14-,15+,16-,17+/m0/s1. The molecule has 0 amide bonds. The Balaban J connectivity index is 1.89. The number of hydrogen-bond acceptors (Lipinski definition) is 4. The molecule has 1 saturated carbocycles. The lowest BCUT2D eigenvalue weighted by molar-refractivity contribution is -0.0697. The number of furan rings is 1. The number of aliphatic hydroxyl groups excluding tert-OH is 1. The predicted molar refractivity (Wildman–Crippen MR) is 85.6 cm³/mol. The quantitative estimate of drug-likeness (QED) is 0.427. The van der Waals surface area contributed by atoms with Crippen molar-refractivity contribution in [3.05, 3.63) is 36.3 Å². The maximum Gasteiger partial charge on any atom is 0.146 e. The molecule has 0 aromatic carbocycles. The number of unbranched alkanes of at least 4 members (excludes halogenated alkanes) is 1. The Labute approximate surface area is 133 Å². The molecule has 124 valence electrons. The number of aliphatic hydroxyl groups is 1. The topological polar surface area (TPSA) is 51.8 Å². The molecule has 0 radical (unpaired) electrons. The number of allylic oxidation sites excluding steroid dienone is 2. The van der Waals surface area contributed by atoms with Crippen LogP contribution in [-0.4, -0.2) is 31.2 Å². The summed E-state index contributed by atoms with van der Waals surface area (Å²) < 4.78 is 16.4. The second kappa shape index (κ2) is 9.13. The molecule has 1 fully saturated rings. The highest BCUT2D eigenvalue weighted by Crippen LogP contribution is 2.42. The number of rotatable bonds is 9. The molecule has 22 heavy (non-hydrogen) atoms. The zero-order valence-electron chi connectivity index (χ0n) is 13.6. The van der Waals surface area contributed by atoms with Gasteiger partial charge in [-0.3, -0.25) is 0 Å². The van der Waals surface area contributed by atoms with Gasteiger partial charge in [-0.2, -0.15) is 0 Å². The zero-order chi connectivity index (χ0) is 15.8. The van der Waals surface area contributed by atoms with Crippen LogP contribution in [0.2, 0.25) is 0 Å². The van der Waals surface area contributed by atoms with Crippen LogP contribution in [0.4, 0.5) is 0 Å². The minimum atomic E-state index is -0.206. The Morgan fingerprint density at radius 1 is 1.45 bits per heavy atom. The van der Waals surface area contributed by atoms with Crippen LogP contribution in [0.5, 0.6) is 0 Å². The van der Waals surface area contributed by atoms with Crippen molar-refractivity contribution >= 4 is 0 Å². The first-order chi connectivity index (χ1) is 10.7. The minimum Gasteiger partial charge on any atom is -0.469 e. The molecule has 1 aromatic rings. The first kappa shape index (κ1) is 17.3. The van der Waals surface area contributed by atoms with Crippen molar-refractivity contribution in [1.29, 1.82) is 0 Å². The molecule has 0 bridgehead atoms. The van der Waals surface area contributed by atoms with E-state index in [1.165, 1.54) is 0 Å². The van der Waals surface area contributed by atoms with Crippen molar-refractivity contribution in [3.63, 3.8) is 0 Å². The van der Waals surface area contributed by atoms with Crippen LogP contribution >= 0.6 is 0 Å². The molecule has 2 rings (SSSR count). The second-order valence-corrected chi connectivity index (χ2v) is 6.16. The molecule has 4 nitrogen and oxygen atoms in total. The summed E-state index contributed by atoms with van der Waals surface area (Å²) in [4.78, 5) is 0. The maximum absolute atomic E-state index is 9.28. The first-order valence-electron chi connectivity index (χ1n) is 8.19. The average Bonchev–Trinajstić information content (AvgIpc) is 3.13. The summed E-state index contributed by atoms with van der Waals surface area (Å²) in [5, 5.41) is 9.28. The molecular formula is C18H28O4. The fourth-order valence-corrected chi connectivity index (χ4v) is 3.17. The highest BCUT2D eigenvalue weighted by atomic mass is 16.7. The molecule has 0 spiro atoms. The molecule has 1 heterocycles. The van der Waals surface area contributed by atoms with E-state index in [4.69, 9.17) is 13.9 Å². The molecule has 4 heteroatoms. The zero-order valence-corrected chi connectivity index (χ0v) is 13.6. The summed E-state index contributed by atoms with van der Waals surface area (Å²) in [5.74, 6) is 1.87. The van der Waals surface area contributed by atoms with Crippen molar-refractivity contribution in [2.75, 3.05) is 13.9 Å². The minimum absolute atomic E-state index is 0.206. The fourth-order valence-electron chi connectivity index (χ4n) is 3.17. The van der Waals surface area contributed by atoms with E-state index >= 15 is 0 Å². The molecule has 4 atom stereocenters. The van der Waals surface area contributed by atoms with Gasteiger partial charge in [0.2, 0.25) is 0 Å². The van der Waals surface area contributed by atoms with Gasteiger partial charge in [0.15, 0.2) is 0 Å². The van der Waals surface area contributed by atoms with Crippen molar-refractivity contribution in [3.8, 4) is 0 Å². The third kappa shape index (κ3) is 5.27. The summed E-state index contributed by atoms with van der Waals surface area (Å²) in [5.41, 5.74) is 0. The van der Waals surface area contributed by atoms with Crippen LogP contribution in [0.25, 0.3) is 0 Å². The summed E-state index contributed by atoms with van der Waals surface area (Å²) in [6.07, 6.45) is 11.2. The average molecular weight is 308 g/mol. The van der Waals surface area contributed by atoms with Gasteiger partial charge in [-0.25, -0.2) is 0 Å². The third-order valence-corrected chi connectivity index (χ3v) is 4.27. The van der Waals surface area contributed by atoms with E-state index in [0.717, 1.165) is 37.9 Å². The highest BCUT2D eigenvalue weighted by molar-refractivity contribution is 5.14. The summed E-state index contributed by atoms with van der Waals surface area (Å²) in [6.45, 7) is 2.19. The Morgan fingerprint density at radius 2 is 2.32 bits per heavy atom. The van der Waals surface area contributed by atoms with E-state index in [0.29, 0.717) is 18.6 Å².